The van der Waals surface area contributed by atoms with Crippen LogP contribution in [-0.4, -0.2) is 73.4 Å². The minimum absolute atomic E-state index is 0. The average Bonchev–Trinajstić information content (AvgIpc) is 3.25. The smallest absolute Gasteiger partial charge is 0.194 e. The summed E-state index contributed by atoms with van der Waals surface area (Å²) in [4.78, 5) is 9.67. The Balaban J connectivity index is 0.00000225. The zero-order chi connectivity index (χ0) is 16.8. The van der Waals surface area contributed by atoms with Gasteiger partial charge < -0.3 is 19.5 Å². The number of aromatic nitrogens is 1. The van der Waals surface area contributed by atoms with Gasteiger partial charge in [0.05, 0.1) is 18.8 Å². The third kappa shape index (κ3) is 5.82. The number of rotatable bonds is 5. The second-order valence-electron chi connectivity index (χ2n) is 7.04. The van der Waals surface area contributed by atoms with Gasteiger partial charge in [-0.25, -0.2) is 0 Å². The van der Waals surface area contributed by atoms with Crippen LogP contribution in [0.4, 0.5) is 0 Å². The summed E-state index contributed by atoms with van der Waals surface area (Å²) in [7, 11) is 0. The fourth-order valence-corrected chi connectivity index (χ4v) is 3.19. The van der Waals surface area contributed by atoms with Crippen LogP contribution in [0.3, 0.4) is 0 Å². The predicted molar refractivity (Wildman–Crippen MR) is 108 cm³/mol. The van der Waals surface area contributed by atoms with E-state index < -0.39 is 0 Å². The zero-order valence-corrected chi connectivity index (χ0v) is 17.6. The highest BCUT2D eigenvalue weighted by Gasteiger charge is 2.30. The first-order valence-corrected chi connectivity index (χ1v) is 8.91. The lowest BCUT2D eigenvalue weighted by molar-refractivity contribution is 0.160. The highest BCUT2D eigenvalue weighted by Crippen LogP contribution is 2.28. The van der Waals surface area contributed by atoms with Gasteiger partial charge in [0.15, 0.2) is 5.96 Å². The molecule has 1 atom stereocenters. The predicted octanol–water partition coefficient (Wildman–Crippen LogP) is 1.80. The van der Waals surface area contributed by atoms with Crippen molar-refractivity contribution in [1.82, 2.24) is 20.3 Å². The number of piperazine rings is 1. The first kappa shape index (κ1) is 20.4. The minimum atomic E-state index is 0. The molecule has 0 saturated carbocycles. The molecule has 2 fully saturated rings. The molecule has 25 heavy (non-hydrogen) atoms. The Morgan fingerprint density at radius 2 is 2.16 bits per heavy atom. The van der Waals surface area contributed by atoms with Crippen LogP contribution in [-0.2, 0) is 11.3 Å². The average molecular weight is 463 g/mol. The van der Waals surface area contributed by atoms with Gasteiger partial charge in [-0.3, -0.25) is 9.89 Å². The number of hydrogen-bond donors (Lipinski definition) is 1. The van der Waals surface area contributed by atoms with Gasteiger partial charge >= 0.3 is 0 Å². The van der Waals surface area contributed by atoms with E-state index in [9.17, 15) is 0 Å². The van der Waals surface area contributed by atoms with E-state index in [0.29, 0.717) is 0 Å². The van der Waals surface area contributed by atoms with Crippen molar-refractivity contribution in [2.45, 2.75) is 26.8 Å². The summed E-state index contributed by atoms with van der Waals surface area (Å²) in [6, 6.07) is 1.93. The monoisotopic (exact) mass is 463 g/mol. The molecule has 7 nitrogen and oxygen atoms in total. The van der Waals surface area contributed by atoms with E-state index in [0.717, 1.165) is 77.1 Å². The van der Waals surface area contributed by atoms with Crippen LogP contribution in [0.5, 0.6) is 0 Å². The lowest BCUT2D eigenvalue weighted by Crippen LogP contribution is -2.52. The number of halogens is 1. The lowest BCUT2D eigenvalue weighted by Gasteiger charge is -2.36. The van der Waals surface area contributed by atoms with E-state index >= 15 is 0 Å². The van der Waals surface area contributed by atoms with Crippen LogP contribution in [0.25, 0.3) is 0 Å². The highest BCUT2D eigenvalue weighted by atomic mass is 127. The number of aliphatic imine (C=N–C) groups is 1. The Kier molecular flexibility index (Phi) is 7.95. The van der Waals surface area contributed by atoms with Gasteiger partial charge in [-0.2, -0.15) is 0 Å². The molecule has 1 N–H and O–H groups in total. The van der Waals surface area contributed by atoms with Crippen LogP contribution >= 0.6 is 24.0 Å². The van der Waals surface area contributed by atoms with Crippen LogP contribution < -0.4 is 5.32 Å². The van der Waals surface area contributed by atoms with Crippen LogP contribution in [0.15, 0.2) is 21.8 Å². The molecule has 3 rings (SSSR count). The molecular weight excluding hydrogens is 433 g/mol. The maximum atomic E-state index is 5.54. The molecule has 8 heteroatoms. The molecule has 3 heterocycles. The molecule has 2 saturated heterocycles. The van der Waals surface area contributed by atoms with E-state index in [4.69, 9.17) is 14.3 Å². The molecule has 0 amide bonds. The fourth-order valence-electron chi connectivity index (χ4n) is 3.19. The van der Waals surface area contributed by atoms with Gasteiger partial charge in [0, 0.05) is 57.4 Å². The van der Waals surface area contributed by atoms with Crippen molar-refractivity contribution >= 4 is 29.9 Å². The van der Waals surface area contributed by atoms with Crippen molar-refractivity contribution in [3.63, 3.8) is 0 Å². The molecule has 1 aromatic rings. The first-order valence-electron chi connectivity index (χ1n) is 8.91. The lowest BCUT2D eigenvalue weighted by atomic mass is 9.90. The fraction of sp³-hybridized carbons (Fsp3) is 0.765. The number of guanidine groups is 1. The van der Waals surface area contributed by atoms with Crippen molar-refractivity contribution in [1.29, 1.82) is 0 Å². The molecule has 142 valence electrons. The third-order valence-electron chi connectivity index (χ3n) is 4.79. The molecule has 0 bridgehead atoms. The maximum absolute atomic E-state index is 5.54. The standard InChI is InChI=1S/C17H29N5O2.HI/c1-3-18-16(19-13-17(2)5-11-23-14-17)22-8-6-21(7-9-22)12-15-4-10-24-20-15;/h4,10H,3,5-9,11-14H2,1-2H3,(H,18,19);1H. The van der Waals surface area contributed by atoms with Gasteiger partial charge in [0.1, 0.15) is 6.26 Å². The zero-order valence-electron chi connectivity index (χ0n) is 15.2. The Morgan fingerprint density at radius 1 is 1.36 bits per heavy atom. The number of ether oxygens (including phenoxy) is 1. The largest absolute Gasteiger partial charge is 0.381 e. The second kappa shape index (κ2) is 9.72. The maximum Gasteiger partial charge on any atom is 0.194 e. The molecule has 1 unspecified atom stereocenters. The van der Waals surface area contributed by atoms with Crippen LogP contribution in [0, 0.1) is 5.41 Å². The SMILES string of the molecule is CCNC(=NCC1(C)CCOC1)N1CCN(Cc2ccon2)CC1.I. The topological polar surface area (TPSA) is 66.1 Å². The Labute approximate surface area is 167 Å². The van der Waals surface area contributed by atoms with Crippen molar-refractivity contribution in [3.05, 3.63) is 18.0 Å². The first-order chi connectivity index (χ1) is 11.7. The molecule has 0 aliphatic carbocycles. The van der Waals surface area contributed by atoms with Crippen molar-refractivity contribution < 1.29 is 9.26 Å². The molecule has 0 radical (unpaired) electrons. The molecular formula is C17H30IN5O2. The Hall–Kier alpha value is -0.870. The van der Waals surface area contributed by atoms with Gasteiger partial charge in [0.25, 0.3) is 0 Å². The Bertz CT molecular complexity index is 523. The van der Waals surface area contributed by atoms with E-state index in [1.807, 2.05) is 6.07 Å². The van der Waals surface area contributed by atoms with Crippen molar-refractivity contribution in [2.24, 2.45) is 10.4 Å². The van der Waals surface area contributed by atoms with E-state index in [2.05, 4.69) is 34.1 Å². The minimum Gasteiger partial charge on any atom is -0.381 e. The normalized spacial score (nSPS) is 25.0. The van der Waals surface area contributed by atoms with Gasteiger partial charge in [-0.15, -0.1) is 24.0 Å². The van der Waals surface area contributed by atoms with E-state index in [-0.39, 0.29) is 29.4 Å². The second-order valence-corrected chi connectivity index (χ2v) is 7.04. The summed E-state index contributed by atoms with van der Waals surface area (Å²) in [6.07, 6.45) is 2.73. The summed E-state index contributed by atoms with van der Waals surface area (Å²) < 4.78 is 10.4. The van der Waals surface area contributed by atoms with Crippen LogP contribution in [0.1, 0.15) is 26.0 Å². The van der Waals surface area contributed by atoms with Crippen molar-refractivity contribution in [3.8, 4) is 0 Å². The summed E-state index contributed by atoms with van der Waals surface area (Å²) in [6.45, 7) is 12.6. The molecule has 0 spiro atoms. The Morgan fingerprint density at radius 3 is 2.76 bits per heavy atom. The molecule has 1 aromatic heterocycles. The van der Waals surface area contributed by atoms with Crippen LogP contribution in [0.2, 0.25) is 0 Å². The van der Waals surface area contributed by atoms with Crippen molar-refractivity contribution in [2.75, 3.05) is 52.5 Å². The quantitative estimate of drug-likeness (QED) is 0.408. The number of hydrogen-bond acceptors (Lipinski definition) is 5. The van der Waals surface area contributed by atoms with E-state index in [1.54, 1.807) is 6.26 Å². The summed E-state index contributed by atoms with van der Waals surface area (Å²) in [5.74, 6) is 1.03. The molecule has 2 aliphatic rings. The highest BCUT2D eigenvalue weighted by molar-refractivity contribution is 14.0. The van der Waals surface area contributed by atoms with Gasteiger partial charge in [0.2, 0.25) is 0 Å². The summed E-state index contributed by atoms with van der Waals surface area (Å²) in [5, 5.41) is 7.44. The van der Waals surface area contributed by atoms with E-state index in [1.165, 1.54) is 0 Å². The summed E-state index contributed by atoms with van der Waals surface area (Å²) >= 11 is 0. The van der Waals surface area contributed by atoms with Gasteiger partial charge in [-0.05, 0) is 13.3 Å². The summed E-state index contributed by atoms with van der Waals surface area (Å²) in [5.41, 5.74) is 1.19. The number of nitrogens with one attached hydrogen (secondary N) is 1. The third-order valence-corrected chi connectivity index (χ3v) is 4.79. The number of nitrogens with zero attached hydrogens (tertiary/aromatic N) is 4. The molecule has 0 aromatic carbocycles. The molecule has 2 aliphatic heterocycles. The van der Waals surface area contributed by atoms with Gasteiger partial charge in [-0.1, -0.05) is 12.1 Å².